The van der Waals surface area contributed by atoms with E-state index in [0.717, 1.165) is 12.0 Å². The van der Waals surface area contributed by atoms with Crippen LogP contribution in [0.2, 0.25) is 0 Å². The number of amides is 1. The van der Waals surface area contributed by atoms with Gasteiger partial charge in [-0.15, -0.1) is 0 Å². The van der Waals surface area contributed by atoms with E-state index in [1.165, 1.54) is 11.1 Å². The normalized spacial score (nSPS) is 19.2. The number of hydrogen-bond acceptors (Lipinski definition) is 3. The Balaban J connectivity index is 1.85. The van der Waals surface area contributed by atoms with E-state index < -0.39 is 0 Å². The molecule has 5 heteroatoms. The summed E-state index contributed by atoms with van der Waals surface area (Å²) in [5, 5.41) is 4.46. The summed E-state index contributed by atoms with van der Waals surface area (Å²) < 4.78 is 1.89. The van der Waals surface area contributed by atoms with Crippen molar-refractivity contribution in [1.29, 1.82) is 0 Å². The summed E-state index contributed by atoms with van der Waals surface area (Å²) in [7, 11) is 0. The molecule has 0 fully saturated rings. The number of aromatic nitrogens is 3. The molecule has 2 atom stereocenters. The molecular weight excluding hydrogens is 336 g/mol. The summed E-state index contributed by atoms with van der Waals surface area (Å²) in [4.78, 5) is 19.4. The minimum atomic E-state index is -0.114. The zero-order chi connectivity index (χ0) is 19.0. The van der Waals surface area contributed by atoms with Gasteiger partial charge in [0.2, 0.25) is 11.9 Å². The maximum Gasteiger partial charge on any atom is 0.232 e. The summed E-state index contributed by atoms with van der Waals surface area (Å²) in [6.07, 6.45) is 2.31. The first-order valence-electron chi connectivity index (χ1n) is 9.40. The average Bonchev–Trinajstić information content (AvgIpc) is 3.17. The van der Waals surface area contributed by atoms with Crippen molar-refractivity contribution in [2.24, 2.45) is 5.92 Å². The fourth-order valence-electron chi connectivity index (χ4n) is 3.75. The van der Waals surface area contributed by atoms with Crippen LogP contribution in [0.15, 0.2) is 60.9 Å². The van der Waals surface area contributed by atoms with E-state index in [1.54, 1.807) is 6.33 Å². The molecule has 4 rings (SSSR count). The summed E-state index contributed by atoms with van der Waals surface area (Å²) in [5.41, 5.74) is 3.52. The molecule has 2 aromatic carbocycles. The Labute approximate surface area is 159 Å². The first-order chi connectivity index (χ1) is 13.1. The van der Waals surface area contributed by atoms with Gasteiger partial charge in [-0.2, -0.15) is 10.1 Å². The van der Waals surface area contributed by atoms with Gasteiger partial charge in [0.1, 0.15) is 6.33 Å². The van der Waals surface area contributed by atoms with Crippen LogP contribution in [0, 0.1) is 12.8 Å². The second-order valence-electron chi connectivity index (χ2n) is 7.46. The van der Waals surface area contributed by atoms with E-state index in [2.05, 4.69) is 53.4 Å². The van der Waals surface area contributed by atoms with Crippen LogP contribution in [0.1, 0.15) is 49.0 Å². The molecule has 1 aromatic heterocycles. The van der Waals surface area contributed by atoms with Crippen LogP contribution in [0.5, 0.6) is 0 Å². The molecule has 0 bridgehead atoms. The molecule has 1 aliphatic rings. The maximum atomic E-state index is 13.1. The van der Waals surface area contributed by atoms with Gasteiger partial charge in [0, 0.05) is 5.92 Å². The molecule has 0 N–H and O–H groups in total. The van der Waals surface area contributed by atoms with Gasteiger partial charge in [0.15, 0.2) is 0 Å². The van der Waals surface area contributed by atoms with E-state index in [-0.39, 0.29) is 23.9 Å². The number of fused-ring (bicyclic) bond motifs is 1. The number of carbonyl (C=O) groups excluding carboxylic acids is 1. The lowest BCUT2D eigenvalue weighted by Gasteiger charge is -2.40. The van der Waals surface area contributed by atoms with Gasteiger partial charge < -0.3 is 0 Å². The lowest BCUT2D eigenvalue weighted by Crippen LogP contribution is -2.44. The third-order valence-electron chi connectivity index (χ3n) is 5.20. The van der Waals surface area contributed by atoms with Gasteiger partial charge in [-0.25, -0.2) is 4.68 Å². The van der Waals surface area contributed by atoms with Gasteiger partial charge in [-0.3, -0.25) is 9.69 Å². The number of nitrogens with zero attached hydrogens (tertiary/aromatic N) is 4. The van der Waals surface area contributed by atoms with Crippen LogP contribution in [0.3, 0.4) is 0 Å². The van der Waals surface area contributed by atoms with Crippen molar-refractivity contribution in [3.8, 4) is 0 Å². The molecular formula is C22H24N4O. The Morgan fingerprint density at radius 2 is 1.67 bits per heavy atom. The fraction of sp³-hybridized carbons (Fsp3) is 0.318. The van der Waals surface area contributed by atoms with Crippen molar-refractivity contribution in [1.82, 2.24) is 14.8 Å². The van der Waals surface area contributed by atoms with Gasteiger partial charge in [0.25, 0.3) is 0 Å². The van der Waals surface area contributed by atoms with E-state index >= 15 is 0 Å². The number of anilines is 1. The molecule has 27 heavy (non-hydrogen) atoms. The zero-order valence-corrected chi connectivity index (χ0v) is 15.9. The van der Waals surface area contributed by atoms with E-state index in [0.29, 0.717) is 5.95 Å². The van der Waals surface area contributed by atoms with Crippen molar-refractivity contribution < 1.29 is 4.79 Å². The highest BCUT2D eigenvalue weighted by Crippen LogP contribution is 2.42. The largest absolute Gasteiger partial charge is 0.274 e. The van der Waals surface area contributed by atoms with Crippen LogP contribution >= 0.6 is 0 Å². The number of rotatable bonds is 3. The highest BCUT2D eigenvalue weighted by Gasteiger charge is 2.39. The molecule has 0 saturated carbocycles. The highest BCUT2D eigenvalue weighted by atomic mass is 16.2. The van der Waals surface area contributed by atoms with Crippen molar-refractivity contribution >= 4 is 11.9 Å². The van der Waals surface area contributed by atoms with E-state index in [9.17, 15) is 4.79 Å². The number of hydrogen-bond donors (Lipinski definition) is 0. The van der Waals surface area contributed by atoms with E-state index in [4.69, 9.17) is 0 Å². The topological polar surface area (TPSA) is 51.0 Å². The SMILES string of the molecule is Cc1ccc(C2CC(c3ccccc3)n3ncnc3N2C(=O)C(C)C)cc1. The fourth-order valence-corrected chi connectivity index (χ4v) is 3.75. The average molecular weight is 360 g/mol. The Morgan fingerprint density at radius 1 is 1.00 bits per heavy atom. The van der Waals surface area contributed by atoms with Gasteiger partial charge in [-0.1, -0.05) is 74.0 Å². The lowest BCUT2D eigenvalue weighted by molar-refractivity contribution is -0.122. The minimum absolute atomic E-state index is 0.0474. The summed E-state index contributed by atoms with van der Waals surface area (Å²) in [6.45, 7) is 5.93. The monoisotopic (exact) mass is 360 g/mol. The molecule has 5 nitrogen and oxygen atoms in total. The van der Waals surface area contributed by atoms with Gasteiger partial charge in [-0.05, 0) is 24.5 Å². The standard InChI is InChI=1S/C22H24N4O/c1-15(2)21(27)25-19(18-11-9-16(3)10-12-18)13-20(17-7-5-4-6-8-17)26-22(25)23-14-24-26/h4-12,14-15,19-20H,13H2,1-3H3. The molecule has 0 saturated heterocycles. The van der Waals surface area contributed by atoms with Crippen molar-refractivity contribution in [3.63, 3.8) is 0 Å². The number of carbonyl (C=O) groups is 1. The summed E-state index contributed by atoms with van der Waals surface area (Å²) in [5.74, 6) is 0.581. The Bertz CT molecular complexity index is 930. The molecule has 0 aliphatic carbocycles. The third kappa shape index (κ3) is 3.14. The third-order valence-corrected chi connectivity index (χ3v) is 5.20. The molecule has 2 unspecified atom stereocenters. The van der Waals surface area contributed by atoms with Crippen molar-refractivity contribution in [2.75, 3.05) is 4.90 Å². The first-order valence-corrected chi connectivity index (χ1v) is 9.40. The quantitative estimate of drug-likeness (QED) is 0.699. The predicted molar refractivity (Wildman–Crippen MR) is 105 cm³/mol. The Hall–Kier alpha value is -2.95. The summed E-state index contributed by atoms with van der Waals surface area (Å²) >= 11 is 0. The number of benzene rings is 2. The van der Waals surface area contributed by atoms with Gasteiger partial charge in [0.05, 0.1) is 12.1 Å². The zero-order valence-electron chi connectivity index (χ0n) is 15.9. The second-order valence-corrected chi connectivity index (χ2v) is 7.46. The number of aryl methyl sites for hydroxylation is 1. The molecule has 0 spiro atoms. The van der Waals surface area contributed by atoms with E-state index in [1.807, 2.05) is 41.6 Å². The van der Waals surface area contributed by atoms with Crippen molar-refractivity contribution in [2.45, 2.75) is 39.3 Å². The second kappa shape index (κ2) is 6.99. The predicted octanol–water partition coefficient (Wildman–Crippen LogP) is 4.31. The molecule has 3 aromatic rings. The van der Waals surface area contributed by atoms with Gasteiger partial charge >= 0.3 is 0 Å². The molecule has 2 heterocycles. The minimum Gasteiger partial charge on any atom is -0.274 e. The van der Waals surface area contributed by atoms with Crippen LogP contribution in [-0.4, -0.2) is 20.7 Å². The lowest BCUT2D eigenvalue weighted by atomic mass is 9.91. The van der Waals surface area contributed by atoms with Crippen LogP contribution in [0.4, 0.5) is 5.95 Å². The maximum absolute atomic E-state index is 13.1. The van der Waals surface area contributed by atoms with Crippen LogP contribution in [0.25, 0.3) is 0 Å². The smallest absolute Gasteiger partial charge is 0.232 e. The molecule has 1 amide bonds. The Morgan fingerprint density at radius 3 is 2.33 bits per heavy atom. The first kappa shape index (κ1) is 17.5. The van der Waals surface area contributed by atoms with Crippen LogP contribution < -0.4 is 4.90 Å². The summed E-state index contributed by atoms with van der Waals surface area (Å²) in [6, 6.07) is 18.7. The van der Waals surface area contributed by atoms with Crippen LogP contribution in [-0.2, 0) is 4.79 Å². The molecule has 0 radical (unpaired) electrons. The Kier molecular flexibility index (Phi) is 4.52. The molecule has 138 valence electrons. The highest BCUT2D eigenvalue weighted by molar-refractivity contribution is 5.94. The van der Waals surface area contributed by atoms with Crippen molar-refractivity contribution in [3.05, 3.63) is 77.6 Å². The molecule has 1 aliphatic heterocycles.